The molecule has 7 heteroatoms. The summed E-state index contributed by atoms with van der Waals surface area (Å²) < 4.78 is 5.40. The first-order valence-electron chi connectivity index (χ1n) is 8.83. The number of rotatable bonds is 3. The van der Waals surface area contributed by atoms with Crippen molar-refractivity contribution in [2.75, 3.05) is 46.3 Å². The lowest BCUT2D eigenvalue weighted by atomic mass is 10.2. The summed E-state index contributed by atoms with van der Waals surface area (Å²) in [4.78, 5) is 29.9. The van der Waals surface area contributed by atoms with Gasteiger partial charge >= 0.3 is 12.1 Å². The molecule has 0 radical (unpaired) electrons. The molecule has 136 valence electrons. The molecule has 3 rings (SSSR count). The van der Waals surface area contributed by atoms with Crippen LogP contribution in [0.1, 0.15) is 12.0 Å². The van der Waals surface area contributed by atoms with Crippen LogP contribution in [0.15, 0.2) is 30.3 Å². The normalized spacial score (nSPS) is 21.2. The summed E-state index contributed by atoms with van der Waals surface area (Å²) in [7, 11) is 1.66. The highest BCUT2D eigenvalue weighted by atomic mass is 16.6. The largest absolute Gasteiger partial charge is 0.445 e. The van der Waals surface area contributed by atoms with Crippen molar-refractivity contribution in [2.45, 2.75) is 19.1 Å². The first-order chi connectivity index (χ1) is 12.2. The molecule has 1 aromatic carbocycles. The number of nitrogens with zero attached hydrogens (tertiary/aromatic N) is 3. The highest BCUT2D eigenvalue weighted by Crippen LogP contribution is 2.18. The van der Waals surface area contributed by atoms with Crippen molar-refractivity contribution >= 4 is 12.1 Å². The zero-order valence-electron chi connectivity index (χ0n) is 14.7. The summed E-state index contributed by atoms with van der Waals surface area (Å²) >= 11 is 0. The van der Waals surface area contributed by atoms with Crippen molar-refractivity contribution in [3.05, 3.63) is 35.9 Å². The number of benzene rings is 1. The van der Waals surface area contributed by atoms with E-state index >= 15 is 0 Å². The lowest BCUT2D eigenvalue weighted by Gasteiger charge is -2.37. The van der Waals surface area contributed by atoms with Gasteiger partial charge in [0.2, 0.25) is 0 Å². The summed E-state index contributed by atoms with van der Waals surface area (Å²) in [5.74, 6) is 0. The molecule has 0 saturated carbocycles. The zero-order valence-corrected chi connectivity index (χ0v) is 14.7. The van der Waals surface area contributed by atoms with Crippen molar-refractivity contribution < 1.29 is 14.3 Å². The quantitative estimate of drug-likeness (QED) is 0.897. The zero-order chi connectivity index (χ0) is 17.6. The third-order valence-electron chi connectivity index (χ3n) is 4.96. The second kappa shape index (κ2) is 8.20. The predicted molar refractivity (Wildman–Crippen MR) is 94.2 cm³/mol. The number of likely N-dealkylation sites (tertiary alicyclic amines) is 1. The van der Waals surface area contributed by atoms with Crippen LogP contribution >= 0.6 is 0 Å². The third kappa shape index (κ3) is 4.42. The first kappa shape index (κ1) is 17.5. The number of hydrogen-bond donors (Lipinski definition) is 1. The molecule has 2 aliphatic rings. The number of nitrogens with one attached hydrogen (secondary N) is 1. The Morgan fingerprint density at radius 3 is 2.48 bits per heavy atom. The average molecular weight is 346 g/mol. The first-order valence-corrected chi connectivity index (χ1v) is 8.83. The van der Waals surface area contributed by atoms with Gasteiger partial charge in [-0.3, -0.25) is 4.90 Å². The summed E-state index contributed by atoms with van der Waals surface area (Å²) in [6.07, 6.45) is 0.744. The molecular weight excluding hydrogens is 320 g/mol. The van der Waals surface area contributed by atoms with Gasteiger partial charge in [0.15, 0.2) is 0 Å². The van der Waals surface area contributed by atoms with E-state index in [1.165, 1.54) is 0 Å². The number of amides is 3. The van der Waals surface area contributed by atoms with Crippen molar-refractivity contribution in [2.24, 2.45) is 0 Å². The summed E-state index contributed by atoms with van der Waals surface area (Å²) in [6, 6.07) is 10.1. The molecule has 2 fully saturated rings. The van der Waals surface area contributed by atoms with Gasteiger partial charge in [0.25, 0.3) is 0 Å². The Kier molecular flexibility index (Phi) is 5.75. The van der Waals surface area contributed by atoms with Gasteiger partial charge in [-0.05, 0) is 12.0 Å². The van der Waals surface area contributed by atoms with Gasteiger partial charge in [-0.1, -0.05) is 30.3 Å². The van der Waals surface area contributed by atoms with Crippen LogP contribution in [0.5, 0.6) is 0 Å². The van der Waals surface area contributed by atoms with Crippen LogP contribution in [0.25, 0.3) is 0 Å². The highest BCUT2D eigenvalue weighted by molar-refractivity contribution is 5.74. The summed E-state index contributed by atoms with van der Waals surface area (Å²) in [6.45, 7) is 4.86. The van der Waals surface area contributed by atoms with E-state index in [9.17, 15) is 9.59 Å². The maximum Gasteiger partial charge on any atom is 0.410 e. The fourth-order valence-corrected chi connectivity index (χ4v) is 3.46. The van der Waals surface area contributed by atoms with E-state index in [-0.39, 0.29) is 12.1 Å². The number of hydrogen-bond acceptors (Lipinski definition) is 4. The van der Waals surface area contributed by atoms with Gasteiger partial charge in [-0.2, -0.15) is 0 Å². The highest BCUT2D eigenvalue weighted by Gasteiger charge is 2.32. The fraction of sp³-hybridized carbons (Fsp3) is 0.556. The van der Waals surface area contributed by atoms with E-state index in [4.69, 9.17) is 4.74 Å². The van der Waals surface area contributed by atoms with E-state index in [1.54, 1.807) is 11.9 Å². The van der Waals surface area contributed by atoms with Crippen molar-refractivity contribution in [3.8, 4) is 0 Å². The lowest BCUT2D eigenvalue weighted by Crippen LogP contribution is -2.53. The molecule has 3 amide bonds. The number of carbonyl (C=O) groups is 2. The molecule has 1 unspecified atom stereocenters. The molecular formula is C18H26N4O3. The Balaban J connectivity index is 1.41. The molecule has 25 heavy (non-hydrogen) atoms. The van der Waals surface area contributed by atoms with Gasteiger partial charge in [0.1, 0.15) is 6.61 Å². The van der Waals surface area contributed by atoms with E-state index in [0.29, 0.717) is 25.7 Å². The molecule has 0 bridgehead atoms. The van der Waals surface area contributed by atoms with Crippen LogP contribution in [-0.2, 0) is 11.3 Å². The topological polar surface area (TPSA) is 65.1 Å². The number of ether oxygens (including phenoxy) is 1. The molecule has 2 aliphatic heterocycles. The smallest absolute Gasteiger partial charge is 0.410 e. The van der Waals surface area contributed by atoms with Crippen LogP contribution in [0.3, 0.4) is 0 Å². The maximum atomic E-state index is 12.2. The van der Waals surface area contributed by atoms with Gasteiger partial charge < -0.3 is 19.9 Å². The SMILES string of the molecule is CNC(=O)N1CCC(N2CCN(C(=O)OCc3ccccc3)CC2)C1. The standard InChI is InChI=1S/C18H26N4O3/c1-19-17(23)22-8-7-16(13-22)20-9-11-21(12-10-20)18(24)25-14-15-5-3-2-4-6-15/h2-6,16H,7-14H2,1H3,(H,19,23). The molecule has 2 saturated heterocycles. The Labute approximate surface area is 148 Å². The molecule has 1 aromatic rings. The maximum absolute atomic E-state index is 12.2. The number of piperazine rings is 1. The van der Waals surface area contributed by atoms with Gasteiger partial charge in [-0.25, -0.2) is 9.59 Å². The second-order valence-electron chi connectivity index (χ2n) is 6.51. The van der Waals surface area contributed by atoms with E-state index in [1.807, 2.05) is 35.2 Å². The lowest BCUT2D eigenvalue weighted by molar-refractivity contribution is 0.0612. The average Bonchev–Trinajstić information content (AvgIpc) is 3.16. The summed E-state index contributed by atoms with van der Waals surface area (Å²) in [5, 5.41) is 2.68. The predicted octanol–water partition coefficient (Wildman–Crippen LogP) is 1.35. The van der Waals surface area contributed by atoms with Crippen LogP contribution in [-0.4, -0.2) is 79.2 Å². The van der Waals surface area contributed by atoms with Crippen molar-refractivity contribution in [1.82, 2.24) is 20.0 Å². The number of urea groups is 1. The van der Waals surface area contributed by atoms with E-state index < -0.39 is 0 Å². The molecule has 7 nitrogen and oxygen atoms in total. The molecule has 1 N–H and O–H groups in total. The number of carbonyl (C=O) groups excluding carboxylic acids is 2. The van der Waals surface area contributed by atoms with E-state index in [2.05, 4.69) is 10.2 Å². The molecule has 0 spiro atoms. The van der Waals surface area contributed by atoms with Gasteiger partial charge in [-0.15, -0.1) is 0 Å². The third-order valence-corrected chi connectivity index (χ3v) is 4.96. The van der Waals surface area contributed by atoms with Crippen LogP contribution < -0.4 is 5.32 Å². The second-order valence-corrected chi connectivity index (χ2v) is 6.51. The minimum atomic E-state index is -0.248. The minimum absolute atomic E-state index is 0.00868. The molecule has 1 atom stereocenters. The minimum Gasteiger partial charge on any atom is -0.445 e. The Bertz CT molecular complexity index is 587. The van der Waals surface area contributed by atoms with Crippen LogP contribution in [0.2, 0.25) is 0 Å². The molecule has 0 aliphatic carbocycles. The Morgan fingerprint density at radius 2 is 1.80 bits per heavy atom. The van der Waals surface area contributed by atoms with Crippen molar-refractivity contribution in [3.63, 3.8) is 0 Å². The van der Waals surface area contributed by atoms with Crippen LogP contribution in [0, 0.1) is 0 Å². The summed E-state index contributed by atoms with van der Waals surface area (Å²) in [5.41, 5.74) is 0.995. The Hall–Kier alpha value is -2.28. The van der Waals surface area contributed by atoms with Gasteiger partial charge in [0.05, 0.1) is 0 Å². The van der Waals surface area contributed by atoms with Gasteiger partial charge in [0, 0.05) is 52.4 Å². The molecule has 0 aromatic heterocycles. The van der Waals surface area contributed by atoms with Crippen LogP contribution in [0.4, 0.5) is 9.59 Å². The molecule has 2 heterocycles. The fourth-order valence-electron chi connectivity index (χ4n) is 3.46. The Morgan fingerprint density at radius 1 is 1.08 bits per heavy atom. The van der Waals surface area contributed by atoms with E-state index in [0.717, 1.165) is 38.2 Å². The van der Waals surface area contributed by atoms with Crippen molar-refractivity contribution in [1.29, 1.82) is 0 Å². The monoisotopic (exact) mass is 346 g/mol.